The van der Waals surface area contributed by atoms with Gasteiger partial charge in [-0.15, -0.1) is 0 Å². The van der Waals surface area contributed by atoms with Crippen molar-refractivity contribution in [1.82, 2.24) is 10.2 Å². The van der Waals surface area contributed by atoms with Gasteiger partial charge in [0.2, 0.25) is 0 Å². The molecule has 0 amide bonds. The lowest BCUT2D eigenvalue weighted by molar-refractivity contribution is 0.114. The number of aliphatic hydroxyl groups excluding tert-OH is 2. The summed E-state index contributed by atoms with van der Waals surface area (Å²) in [5, 5.41) is 21.4. The Morgan fingerprint density at radius 1 is 1.20 bits per heavy atom. The van der Waals surface area contributed by atoms with Crippen LogP contribution < -0.4 is 5.32 Å². The minimum absolute atomic E-state index is 0.0260. The van der Waals surface area contributed by atoms with Gasteiger partial charge in [-0.05, 0) is 32.7 Å². The molecule has 0 radical (unpaired) electrons. The molecule has 0 saturated carbocycles. The monoisotopic (exact) mass is 214 g/mol. The minimum Gasteiger partial charge on any atom is -0.395 e. The van der Waals surface area contributed by atoms with E-state index in [4.69, 9.17) is 10.2 Å². The summed E-state index contributed by atoms with van der Waals surface area (Å²) in [6.45, 7) is 0.0519. The third-order valence-corrected chi connectivity index (χ3v) is 4.01. The van der Waals surface area contributed by atoms with Gasteiger partial charge in [0.25, 0.3) is 0 Å². The van der Waals surface area contributed by atoms with Gasteiger partial charge in [-0.25, -0.2) is 0 Å². The molecule has 0 spiro atoms. The summed E-state index contributed by atoms with van der Waals surface area (Å²) in [7, 11) is 2.22. The van der Waals surface area contributed by atoms with Crippen molar-refractivity contribution >= 4 is 0 Å². The van der Waals surface area contributed by atoms with E-state index < -0.39 is 0 Å². The zero-order valence-corrected chi connectivity index (χ0v) is 9.39. The van der Waals surface area contributed by atoms with Crippen LogP contribution in [0.4, 0.5) is 0 Å². The van der Waals surface area contributed by atoms with E-state index in [1.165, 1.54) is 12.8 Å². The molecule has 0 aromatic carbocycles. The van der Waals surface area contributed by atoms with Crippen LogP contribution >= 0.6 is 0 Å². The molecule has 2 saturated heterocycles. The predicted molar refractivity (Wildman–Crippen MR) is 58.7 cm³/mol. The molecule has 15 heavy (non-hydrogen) atoms. The first-order chi connectivity index (χ1) is 7.24. The van der Waals surface area contributed by atoms with Crippen LogP contribution in [0.15, 0.2) is 0 Å². The Bertz CT molecular complexity index is 195. The van der Waals surface area contributed by atoms with Crippen molar-refractivity contribution in [1.29, 1.82) is 0 Å². The Hall–Kier alpha value is -0.160. The Morgan fingerprint density at radius 2 is 1.73 bits per heavy atom. The summed E-state index contributed by atoms with van der Waals surface area (Å²) in [4.78, 5) is 2.49. The van der Waals surface area contributed by atoms with Gasteiger partial charge in [0.05, 0.1) is 19.3 Å². The maximum atomic E-state index is 9.02. The van der Waals surface area contributed by atoms with Crippen LogP contribution in [0, 0.1) is 0 Å². The van der Waals surface area contributed by atoms with E-state index in [9.17, 15) is 0 Å². The first-order valence-corrected chi connectivity index (χ1v) is 5.94. The van der Waals surface area contributed by atoms with E-state index >= 15 is 0 Å². The number of aliphatic hydroxyl groups is 2. The number of rotatable bonds is 4. The molecular formula is C11H22N2O2. The molecule has 2 aliphatic rings. The molecule has 3 N–H and O–H groups in total. The van der Waals surface area contributed by atoms with Crippen LogP contribution in [0.3, 0.4) is 0 Å². The standard InChI is InChI=1S/C11H22N2O2/c1-13-10-2-3-11(13)5-8(4-10)12-9(6-14)7-15/h8-12,14-15H,2-7H2,1H3. The topological polar surface area (TPSA) is 55.7 Å². The van der Waals surface area contributed by atoms with Crippen molar-refractivity contribution in [3.8, 4) is 0 Å². The SMILES string of the molecule is CN1C2CCC1CC(NC(CO)CO)C2. The number of nitrogens with one attached hydrogen (secondary N) is 1. The highest BCUT2D eigenvalue weighted by molar-refractivity contribution is 4.96. The molecule has 2 bridgehead atoms. The molecule has 2 aliphatic heterocycles. The number of fused-ring (bicyclic) bond motifs is 2. The molecule has 0 aromatic heterocycles. The molecule has 2 unspecified atom stereocenters. The van der Waals surface area contributed by atoms with Crippen molar-refractivity contribution in [3.63, 3.8) is 0 Å². The molecule has 2 heterocycles. The Morgan fingerprint density at radius 3 is 2.20 bits per heavy atom. The fraction of sp³-hybridized carbons (Fsp3) is 1.00. The highest BCUT2D eigenvalue weighted by atomic mass is 16.3. The Kier molecular flexibility index (Phi) is 3.61. The number of nitrogens with zero attached hydrogens (tertiary/aromatic N) is 1. The van der Waals surface area contributed by atoms with Gasteiger partial charge in [-0.1, -0.05) is 0 Å². The van der Waals surface area contributed by atoms with E-state index in [-0.39, 0.29) is 19.3 Å². The lowest BCUT2D eigenvalue weighted by Gasteiger charge is -2.37. The average Bonchev–Trinajstić information content (AvgIpc) is 2.50. The van der Waals surface area contributed by atoms with Crippen LogP contribution in [-0.4, -0.2) is 59.5 Å². The quantitative estimate of drug-likeness (QED) is 0.593. The zero-order chi connectivity index (χ0) is 10.8. The highest BCUT2D eigenvalue weighted by Gasteiger charge is 2.38. The van der Waals surface area contributed by atoms with E-state index in [0.717, 1.165) is 12.8 Å². The summed E-state index contributed by atoms with van der Waals surface area (Å²) >= 11 is 0. The number of piperidine rings is 1. The lowest BCUT2D eigenvalue weighted by atomic mass is 9.97. The highest BCUT2D eigenvalue weighted by Crippen LogP contribution is 2.34. The van der Waals surface area contributed by atoms with Crippen LogP contribution in [-0.2, 0) is 0 Å². The van der Waals surface area contributed by atoms with Crippen molar-refractivity contribution in [3.05, 3.63) is 0 Å². The molecule has 0 aromatic rings. The van der Waals surface area contributed by atoms with Gasteiger partial charge >= 0.3 is 0 Å². The molecular weight excluding hydrogens is 192 g/mol. The average molecular weight is 214 g/mol. The summed E-state index contributed by atoms with van der Waals surface area (Å²) in [6, 6.07) is 1.75. The van der Waals surface area contributed by atoms with Gasteiger partial charge in [0.1, 0.15) is 0 Å². The molecule has 2 fully saturated rings. The summed E-state index contributed by atoms with van der Waals surface area (Å²) < 4.78 is 0. The third-order valence-electron chi connectivity index (χ3n) is 4.01. The lowest BCUT2D eigenvalue weighted by Crippen LogP contribution is -2.51. The molecule has 88 valence electrons. The van der Waals surface area contributed by atoms with Crippen LogP contribution in [0.2, 0.25) is 0 Å². The van der Waals surface area contributed by atoms with E-state index in [0.29, 0.717) is 18.1 Å². The second-order valence-electron chi connectivity index (χ2n) is 4.95. The predicted octanol–water partition coefficient (Wildman–Crippen LogP) is -0.446. The van der Waals surface area contributed by atoms with E-state index in [1.807, 2.05) is 0 Å². The summed E-state index contributed by atoms with van der Waals surface area (Å²) in [6.07, 6.45) is 4.93. The first-order valence-electron chi connectivity index (χ1n) is 5.94. The fourth-order valence-corrected chi connectivity index (χ4v) is 3.04. The normalized spacial score (nSPS) is 36.4. The fourth-order valence-electron chi connectivity index (χ4n) is 3.04. The molecule has 4 heteroatoms. The number of hydrogen-bond acceptors (Lipinski definition) is 4. The number of hydrogen-bond donors (Lipinski definition) is 3. The van der Waals surface area contributed by atoms with Gasteiger partial charge in [0.15, 0.2) is 0 Å². The summed E-state index contributed by atoms with van der Waals surface area (Å²) in [5.41, 5.74) is 0. The zero-order valence-electron chi connectivity index (χ0n) is 9.39. The van der Waals surface area contributed by atoms with Crippen LogP contribution in [0.1, 0.15) is 25.7 Å². The summed E-state index contributed by atoms with van der Waals surface area (Å²) in [5.74, 6) is 0. The van der Waals surface area contributed by atoms with Gasteiger partial charge < -0.3 is 20.4 Å². The van der Waals surface area contributed by atoms with Crippen molar-refractivity contribution in [2.75, 3.05) is 20.3 Å². The third kappa shape index (κ3) is 2.33. The molecule has 4 nitrogen and oxygen atoms in total. The van der Waals surface area contributed by atoms with Gasteiger partial charge in [-0.3, -0.25) is 0 Å². The maximum Gasteiger partial charge on any atom is 0.0607 e. The van der Waals surface area contributed by atoms with E-state index in [1.54, 1.807) is 0 Å². The van der Waals surface area contributed by atoms with Crippen molar-refractivity contribution in [2.24, 2.45) is 0 Å². The smallest absolute Gasteiger partial charge is 0.0607 e. The van der Waals surface area contributed by atoms with Crippen molar-refractivity contribution in [2.45, 2.75) is 49.9 Å². The molecule has 2 rings (SSSR count). The van der Waals surface area contributed by atoms with Crippen LogP contribution in [0.5, 0.6) is 0 Å². The first kappa shape index (κ1) is 11.3. The van der Waals surface area contributed by atoms with Gasteiger partial charge in [0, 0.05) is 18.1 Å². The minimum atomic E-state index is -0.141. The maximum absolute atomic E-state index is 9.02. The van der Waals surface area contributed by atoms with Crippen molar-refractivity contribution < 1.29 is 10.2 Å². The molecule has 2 atom stereocenters. The molecule has 0 aliphatic carbocycles. The van der Waals surface area contributed by atoms with Crippen LogP contribution in [0.25, 0.3) is 0 Å². The Labute approximate surface area is 91.3 Å². The second kappa shape index (κ2) is 4.78. The second-order valence-corrected chi connectivity index (χ2v) is 4.95. The Balaban J connectivity index is 1.86. The van der Waals surface area contributed by atoms with E-state index in [2.05, 4.69) is 17.3 Å². The largest absolute Gasteiger partial charge is 0.395 e. The van der Waals surface area contributed by atoms with Gasteiger partial charge in [-0.2, -0.15) is 0 Å².